The molecule has 1 fully saturated rings. The highest BCUT2D eigenvalue weighted by molar-refractivity contribution is 5.00. The van der Waals surface area contributed by atoms with Crippen LogP contribution in [0, 0.1) is 0 Å². The molecule has 0 unspecified atom stereocenters. The molecule has 3 heteroatoms. The van der Waals surface area contributed by atoms with Crippen LogP contribution in [-0.4, -0.2) is 14.8 Å². The molecule has 0 aliphatic heterocycles. The van der Waals surface area contributed by atoms with Crippen LogP contribution in [0.5, 0.6) is 0 Å². The molecular weight excluding hydrogens is 210 g/mol. The van der Waals surface area contributed by atoms with E-state index < -0.39 is 0 Å². The van der Waals surface area contributed by atoms with E-state index in [4.69, 9.17) is 0 Å². The van der Waals surface area contributed by atoms with Crippen molar-refractivity contribution < 1.29 is 0 Å². The summed E-state index contributed by atoms with van der Waals surface area (Å²) in [6.45, 7) is 6.67. The predicted molar refractivity (Wildman–Crippen MR) is 70.1 cm³/mol. The van der Waals surface area contributed by atoms with Gasteiger partial charge in [-0.2, -0.15) is 0 Å². The minimum Gasteiger partial charge on any atom is -0.312 e. The van der Waals surface area contributed by atoms with Gasteiger partial charge in [-0.05, 0) is 33.6 Å². The lowest BCUT2D eigenvalue weighted by Crippen LogP contribution is -2.25. The molecule has 1 aromatic rings. The lowest BCUT2D eigenvalue weighted by molar-refractivity contribution is 0.352. The van der Waals surface area contributed by atoms with Gasteiger partial charge in [0.25, 0.3) is 0 Å². The molecule has 0 N–H and O–H groups in total. The normalized spacial score (nSPS) is 19.9. The van der Waals surface area contributed by atoms with Crippen LogP contribution >= 0.6 is 0 Å². The third-order valence-electron chi connectivity index (χ3n) is 3.77. The summed E-state index contributed by atoms with van der Waals surface area (Å²) in [5.74, 6) is 1.83. The Morgan fingerprint density at radius 1 is 1.06 bits per heavy atom. The largest absolute Gasteiger partial charge is 0.312 e. The van der Waals surface area contributed by atoms with E-state index in [1.54, 1.807) is 0 Å². The average molecular weight is 235 g/mol. The summed E-state index contributed by atoms with van der Waals surface area (Å²) >= 11 is 0. The van der Waals surface area contributed by atoms with Crippen molar-refractivity contribution in [3.63, 3.8) is 0 Å². The first-order chi connectivity index (χ1) is 8.09. The summed E-state index contributed by atoms with van der Waals surface area (Å²) in [5, 5.41) is 8.52. The molecule has 0 bridgehead atoms. The fraction of sp³-hybridized carbons (Fsp3) is 0.857. The smallest absolute Gasteiger partial charge is 0.136 e. The third kappa shape index (κ3) is 3.08. The molecule has 0 amide bonds. The van der Waals surface area contributed by atoms with Crippen LogP contribution in [-0.2, 0) is 5.54 Å². The zero-order chi connectivity index (χ0) is 12.3. The SMILES string of the molecule is CC(C)(C)n1cnnc1C1CCCCCCC1. The topological polar surface area (TPSA) is 30.7 Å². The fourth-order valence-corrected chi connectivity index (χ4v) is 2.75. The number of hydrogen-bond donors (Lipinski definition) is 0. The first-order valence-electron chi connectivity index (χ1n) is 6.99. The molecule has 0 atom stereocenters. The number of rotatable bonds is 1. The van der Waals surface area contributed by atoms with Gasteiger partial charge in [0.2, 0.25) is 0 Å². The fourth-order valence-electron chi connectivity index (χ4n) is 2.75. The second kappa shape index (κ2) is 5.19. The number of aromatic nitrogens is 3. The highest BCUT2D eigenvalue weighted by Crippen LogP contribution is 2.31. The molecule has 0 aromatic carbocycles. The maximum absolute atomic E-state index is 4.39. The van der Waals surface area contributed by atoms with E-state index in [1.165, 1.54) is 50.8 Å². The Hall–Kier alpha value is -0.860. The van der Waals surface area contributed by atoms with Gasteiger partial charge in [0, 0.05) is 11.5 Å². The molecule has 0 spiro atoms. The maximum Gasteiger partial charge on any atom is 0.136 e. The summed E-state index contributed by atoms with van der Waals surface area (Å²) in [6, 6.07) is 0. The highest BCUT2D eigenvalue weighted by atomic mass is 15.3. The van der Waals surface area contributed by atoms with E-state index in [0.29, 0.717) is 5.92 Å². The van der Waals surface area contributed by atoms with E-state index in [9.17, 15) is 0 Å². The van der Waals surface area contributed by atoms with Gasteiger partial charge in [-0.1, -0.05) is 32.1 Å². The summed E-state index contributed by atoms with van der Waals surface area (Å²) in [7, 11) is 0. The van der Waals surface area contributed by atoms with E-state index in [0.717, 1.165) is 0 Å². The maximum atomic E-state index is 4.39. The molecule has 2 rings (SSSR count). The molecule has 17 heavy (non-hydrogen) atoms. The van der Waals surface area contributed by atoms with Crippen LogP contribution in [0.3, 0.4) is 0 Å². The van der Waals surface area contributed by atoms with Gasteiger partial charge in [-0.3, -0.25) is 0 Å². The second-order valence-corrected chi connectivity index (χ2v) is 6.27. The molecule has 1 aromatic heterocycles. The molecule has 1 saturated carbocycles. The zero-order valence-corrected chi connectivity index (χ0v) is 11.4. The summed E-state index contributed by atoms with van der Waals surface area (Å²) in [5.41, 5.74) is 0.0984. The Morgan fingerprint density at radius 3 is 2.24 bits per heavy atom. The summed E-state index contributed by atoms with van der Waals surface area (Å²) in [6.07, 6.45) is 11.4. The van der Waals surface area contributed by atoms with Crippen molar-refractivity contribution in [3.05, 3.63) is 12.2 Å². The van der Waals surface area contributed by atoms with Gasteiger partial charge in [0.1, 0.15) is 12.2 Å². The van der Waals surface area contributed by atoms with Gasteiger partial charge in [-0.25, -0.2) is 0 Å². The zero-order valence-electron chi connectivity index (χ0n) is 11.4. The first kappa shape index (κ1) is 12.6. The molecule has 0 saturated heterocycles. The predicted octanol–water partition coefficient (Wildman–Crippen LogP) is 3.86. The molecule has 96 valence electrons. The Labute approximate surface area is 105 Å². The first-order valence-corrected chi connectivity index (χ1v) is 6.99. The minimum absolute atomic E-state index is 0.0984. The van der Waals surface area contributed by atoms with Crippen LogP contribution in [0.1, 0.15) is 77.5 Å². The highest BCUT2D eigenvalue weighted by Gasteiger charge is 2.24. The summed E-state index contributed by atoms with van der Waals surface area (Å²) < 4.78 is 2.26. The lowest BCUT2D eigenvalue weighted by atomic mass is 9.90. The van der Waals surface area contributed by atoms with Gasteiger partial charge >= 0.3 is 0 Å². The molecule has 3 nitrogen and oxygen atoms in total. The molecule has 1 aliphatic rings. The molecule has 0 radical (unpaired) electrons. The average Bonchev–Trinajstić information content (AvgIpc) is 2.64. The molecule has 1 heterocycles. The minimum atomic E-state index is 0.0984. The standard InChI is InChI=1S/C14H25N3/c1-14(2,3)17-11-15-16-13(17)12-9-7-5-4-6-8-10-12/h11-12H,4-10H2,1-3H3. The van der Waals surface area contributed by atoms with Crippen LogP contribution < -0.4 is 0 Å². The summed E-state index contributed by atoms with van der Waals surface area (Å²) in [4.78, 5) is 0. The van der Waals surface area contributed by atoms with Gasteiger partial charge in [0.05, 0.1) is 0 Å². The number of hydrogen-bond acceptors (Lipinski definition) is 2. The van der Waals surface area contributed by atoms with E-state index in [2.05, 4.69) is 35.5 Å². The van der Waals surface area contributed by atoms with Crippen molar-refractivity contribution in [1.29, 1.82) is 0 Å². The van der Waals surface area contributed by atoms with Crippen molar-refractivity contribution >= 4 is 0 Å². The van der Waals surface area contributed by atoms with Gasteiger partial charge in [-0.15, -0.1) is 10.2 Å². The van der Waals surface area contributed by atoms with Crippen molar-refractivity contribution in [3.8, 4) is 0 Å². The van der Waals surface area contributed by atoms with Gasteiger partial charge < -0.3 is 4.57 Å². The lowest BCUT2D eigenvalue weighted by Gasteiger charge is -2.26. The van der Waals surface area contributed by atoms with Crippen molar-refractivity contribution in [2.45, 2.75) is 77.2 Å². The van der Waals surface area contributed by atoms with Gasteiger partial charge in [0.15, 0.2) is 0 Å². The van der Waals surface area contributed by atoms with E-state index in [1.807, 2.05) is 6.33 Å². The Bertz CT molecular complexity index is 341. The Kier molecular flexibility index (Phi) is 3.85. The van der Waals surface area contributed by atoms with Crippen molar-refractivity contribution in [2.24, 2.45) is 0 Å². The van der Waals surface area contributed by atoms with Crippen molar-refractivity contribution in [2.75, 3.05) is 0 Å². The quantitative estimate of drug-likeness (QED) is 0.740. The Morgan fingerprint density at radius 2 is 1.65 bits per heavy atom. The monoisotopic (exact) mass is 235 g/mol. The molecular formula is C14H25N3. The van der Waals surface area contributed by atoms with Crippen LogP contribution in [0.4, 0.5) is 0 Å². The van der Waals surface area contributed by atoms with Crippen LogP contribution in [0.15, 0.2) is 6.33 Å². The van der Waals surface area contributed by atoms with E-state index in [-0.39, 0.29) is 5.54 Å². The third-order valence-corrected chi connectivity index (χ3v) is 3.77. The second-order valence-electron chi connectivity index (χ2n) is 6.27. The number of nitrogens with zero attached hydrogens (tertiary/aromatic N) is 3. The van der Waals surface area contributed by atoms with Crippen LogP contribution in [0.25, 0.3) is 0 Å². The van der Waals surface area contributed by atoms with Crippen LogP contribution in [0.2, 0.25) is 0 Å². The molecule has 1 aliphatic carbocycles. The Balaban J connectivity index is 2.17. The van der Waals surface area contributed by atoms with E-state index >= 15 is 0 Å². The van der Waals surface area contributed by atoms with Crippen molar-refractivity contribution in [1.82, 2.24) is 14.8 Å².